The van der Waals surface area contributed by atoms with Crippen LogP contribution in [0.25, 0.3) is 0 Å². The molecule has 0 aliphatic heterocycles. The standard InChI is InChI=1S/C12H10F6N2O2/c1-20(10(22)9(19)21)5-6-2-3-7(4-8(6)13)11(14,15)12(16,17)18/h2-4H,5H2,1H3,(H2,19,21). The van der Waals surface area contributed by atoms with Gasteiger partial charge in [-0.3, -0.25) is 9.59 Å². The van der Waals surface area contributed by atoms with E-state index in [1.807, 2.05) is 0 Å². The summed E-state index contributed by atoms with van der Waals surface area (Å²) in [4.78, 5) is 22.5. The Kier molecular flexibility index (Phi) is 4.73. The van der Waals surface area contributed by atoms with Gasteiger partial charge in [0.15, 0.2) is 0 Å². The van der Waals surface area contributed by atoms with Crippen molar-refractivity contribution in [3.63, 3.8) is 0 Å². The van der Waals surface area contributed by atoms with Crippen molar-refractivity contribution in [1.82, 2.24) is 4.90 Å². The molecule has 1 aromatic rings. The lowest BCUT2D eigenvalue weighted by molar-refractivity contribution is -0.289. The van der Waals surface area contributed by atoms with Gasteiger partial charge in [0.1, 0.15) is 5.82 Å². The largest absolute Gasteiger partial charge is 0.458 e. The molecule has 0 unspecified atom stereocenters. The molecule has 22 heavy (non-hydrogen) atoms. The van der Waals surface area contributed by atoms with E-state index in [1.54, 1.807) is 0 Å². The summed E-state index contributed by atoms with van der Waals surface area (Å²) in [7, 11) is 1.09. The molecule has 0 aromatic heterocycles. The smallest absolute Gasteiger partial charge is 0.361 e. The van der Waals surface area contributed by atoms with Gasteiger partial charge >= 0.3 is 23.9 Å². The van der Waals surface area contributed by atoms with Gasteiger partial charge in [-0.25, -0.2) is 4.39 Å². The second-order valence-corrected chi connectivity index (χ2v) is 4.40. The first-order chi connectivity index (χ1) is 9.87. The molecule has 122 valence electrons. The number of rotatable bonds is 3. The number of primary amides is 1. The first-order valence-electron chi connectivity index (χ1n) is 5.66. The zero-order valence-electron chi connectivity index (χ0n) is 11.0. The molecule has 0 heterocycles. The fourth-order valence-electron chi connectivity index (χ4n) is 1.55. The van der Waals surface area contributed by atoms with Crippen LogP contribution in [0.15, 0.2) is 18.2 Å². The summed E-state index contributed by atoms with van der Waals surface area (Å²) in [6.07, 6.45) is -5.86. The summed E-state index contributed by atoms with van der Waals surface area (Å²) >= 11 is 0. The number of alkyl halides is 5. The summed E-state index contributed by atoms with van der Waals surface area (Å²) in [5.41, 5.74) is 2.80. The van der Waals surface area contributed by atoms with Gasteiger partial charge in [-0.15, -0.1) is 0 Å². The molecular weight excluding hydrogens is 318 g/mol. The normalized spacial score (nSPS) is 12.1. The van der Waals surface area contributed by atoms with E-state index < -0.39 is 41.8 Å². The van der Waals surface area contributed by atoms with Gasteiger partial charge in [-0.1, -0.05) is 12.1 Å². The number of nitrogens with zero attached hydrogens (tertiary/aromatic N) is 1. The van der Waals surface area contributed by atoms with Gasteiger partial charge < -0.3 is 10.6 Å². The number of amides is 2. The van der Waals surface area contributed by atoms with Gasteiger partial charge in [0.2, 0.25) is 0 Å². The van der Waals surface area contributed by atoms with Gasteiger partial charge in [-0.2, -0.15) is 22.0 Å². The Balaban J connectivity index is 3.06. The molecule has 0 saturated carbocycles. The van der Waals surface area contributed by atoms with Crippen LogP contribution in [0, 0.1) is 5.82 Å². The third kappa shape index (κ3) is 3.49. The highest BCUT2D eigenvalue weighted by atomic mass is 19.4. The molecule has 10 heteroatoms. The average Bonchev–Trinajstić information content (AvgIpc) is 2.38. The van der Waals surface area contributed by atoms with Gasteiger partial charge in [0, 0.05) is 24.7 Å². The molecule has 1 aromatic carbocycles. The van der Waals surface area contributed by atoms with Crippen molar-refractivity contribution in [2.24, 2.45) is 5.73 Å². The molecule has 0 aliphatic carbocycles. The van der Waals surface area contributed by atoms with E-state index in [0.717, 1.165) is 7.05 Å². The molecule has 0 saturated heterocycles. The number of nitrogens with two attached hydrogens (primary N) is 1. The lowest BCUT2D eigenvalue weighted by Gasteiger charge is -2.21. The minimum Gasteiger partial charge on any atom is -0.361 e. The van der Waals surface area contributed by atoms with Crippen molar-refractivity contribution in [3.05, 3.63) is 35.1 Å². The molecular formula is C12H10F6N2O2. The van der Waals surface area contributed by atoms with Crippen molar-refractivity contribution in [2.45, 2.75) is 18.6 Å². The third-order valence-corrected chi connectivity index (χ3v) is 2.74. The number of carbonyl (C=O) groups is 2. The van der Waals surface area contributed by atoms with E-state index in [0.29, 0.717) is 17.0 Å². The second-order valence-electron chi connectivity index (χ2n) is 4.40. The van der Waals surface area contributed by atoms with Crippen LogP contribution in [0.5, 0.6) is 0 Å². The van der Waals surface area contributed by atoms with Crippen molar-refractivity contribution in [2.75, 3.05) is 7.05 Å². The van der Waals surface area contributed by atoms with Crippen molar-refractivity contribution in [3.8, 4) is 0 Å². The van der Waals surface area contributed by atoms with Crippen LogP contribution in [0.1, 0.15) is 11.1 Å². The maximum absolute atomic E-state index is 13.6. The molecule has 0 bridgehead atoms. The molecule has 0 radical (unpaired) electrons. The zero-order valence-corrected chi connectivity index (χ0v) is 11.0. The number of halogens is 6. The van der Waals surface area contributed by atoms with Crippen LogP contribution in [-0.2, 0) is 22.1 Å². The quantitative estimate of drug-likeness (QED) is 0.681. The van der Waals surface area contributed by atoms with Crippen molar-refractivity contribution in [1.29, 1.82) is 0 Å². The average molecular weight is 328 g/mol. The van der Waals surface area contributed by atoms with Crippen LogP contribution in [0.3, 0.4) is 0 Å². The molecule has 2 amide bonds. The Bertz CT molecular complexity index is 600. The van der Waals surface area contributed by atoms with Crippen molar-refractivity contribution < 1.29 is 35.9 Å². The number of hydrogen-bond donors (Lipinski definition) is 1. The number of hydrogen-bond acceptors (Lipinski definition) is 2. The van der Waals surface area contributed by atoms with Crippen LogP contribution in [0.2, 0.25) is 0 Å². The maximum atomic E-state index is 13.6. The molecule has 0 fully saturated rings. The Labute approximate surface area is 120 Å². The molecule has 1 rings (SSSR count). The summed E-state index contributed by atoms with van der Waals surface area (Å²) in [5, 5.41) is 0. The number of likely N-dealkylation sites (N-methyl/N-ethyl adjacent to an activating group) is 1. The first kappa shape index (κ1) is 17.8. The summed E-state index contributed by atoms with van der Waals surface area (Å²) in [6.45, 7) is -0.522. The fraction of sp³-hybridized carbons (Fsp3) is 0.333. The van der Waals surface area contributed by atoms with E-state index in [4.69, 9.17) is 5.73 Å². The minimum absolute atomic E-state index is 0.0331. The summed E-state index contributed by atoms with van der Waals surface area (Å²) in [5.74, 6) is -9.06. The predicted molar refractivity (Wildman–Crippen MR) is 62.0 cm³/mol. The van der Waals surface area contributed by atoms with Crippen LogP contribution >= 0.6 is 0 Å². The molecule has 0 aliphatic rings. The van der Waals surface area contributed by atoms with E-state index in [-0.39, 0.29) is 11.6 Å². The lowest BCUT2D eigenvalue weighted by Crippen LogP contribution is -2.37. The Morgan fingerprint density at radius 1 is 1.18 bits per heavy atom. The van der Waals surface area contributed by atoms with Gasteiger partial charge in [0.25, 0.3) is 0 Å². The highest BCUT2D eigenvalue weighted by Gasteiger charge is 2.58. The monoisotopic (exact) mass is 328 g/mol. The van der Waals surface area contributed by atoms with Crippen molar-refractivity contribution >= 4 is 11.8 Å². The first-order valence-corrected chi connectivity index (χ1v) is 5.66. The van der Waals surface area contributed by atoms with Crippen LogP contribution < -0.4 is 5.73 Å². The molecule has 4 nitrogen and oxygen atoms in total. The SMILES string of the molecule is CN(Cc1ccc(C(F)(F)C(F)(F)F)cc1F)C(=O)C(N)=O. The van der Waals surface area contributed by atoms with E-state index in [9.17, 15) is 35.9 Å². The van der Waals surface area contributed by atoms with Gasteiger partial charge in [0.05, 0.1) is 0 Å². The maximum Gasteiger partial charge on any atom is 0.458 e. The second kappa shape index (κ2) is 5.85. The Hall–Kier alpha value is -2.26. The molecule has 2 N–H and O–H groups in total. The van der Waals surface area contributed by atoms with Crippen LogP contribution in [0.4, 0.5) is 26.3 Å². The topological polar surface area (TPSA) is 63.4 Å². The summed E-state index contributed by atoms with van der Waals surface area (Å²) < 4.78 is 76.3. The lowest BCUT2D eigenvalue weighted by atomic mass is 10.0. The van der Waals surface area contributed by atoms with E-state index in [2.05, 4.69) is 0 Å². The van der Waals surface area contributed by atoms with Gasteiger partial charge in [-0.05, 0) is 6.07 Å². The summed E-state index contributed by atoms with van der Waals surface area (Å²) in [6, 6.07) is 1.11. The third-order valence-electron chi connectivity index (χ3n) is 2.74. The Morgan fingerprint density at radius 3 is 2.14 bits per heavy atom. The number of carbonyl (C=O) groups excluding carboxylic acids is 2. The minimum atomic E-state index is -5.86. The Morgan fingerprint density at radius 2 is 1.73 bits per heavy atom. The molecule has 0 spiro atoms. The predicted octanol–water partition coefficient (Wildman–Crippen LogP) is 1.92. The number of benzene rings is 1. The highest BCUT2D eigenvalue weighted by Crippen LogP contribution is 2.44. The highest BCUT2D eigenvalue weighted by molar-refractivity contribution is 6.34. The fourth-order valence-corrected chi connectivity index (χ4v) is 1.55. The van der Waals surface area contributed by atoms with E-state index in [1.165, 1.54) is 0 Å². The van der Waals surface area contributed by atoms with Crippen LogP contribution in [-0.4, -0.2) is 29.9 Å². The zero-order chi connectivity index (χ0) is 17.3. The van der Waals surface area contributed by atoms with E-state index >= 15 is 0 Å². The molecule has 0 atom stereocenters.